The van der Waals surface area contributed by atoms with E-state index in [1.807, 2.05) is 11.9 Å². The SMILES string of the molecule is CN1CCOc2cc(Br)c([N+](=O)[O-])cc21. The zero-order chi connectivity index (χ0) is 11.0. The third kappa shape index (κ3) is 1.77. The molecule has 0 saturated heterocycles. The lowest BCUT2D eigenvalue weighted by Crippen LogP contribution is -2.28. The first-order valence-corrected chi connectivity index (χ1v) is 5.21. The van der Waals surface area contributed by atoms with E-state index in [1.165, 1.54) is 6.07 Å². The summed E-state index contributed by atoms with van der Waals surface area (Å²) in [5.74, 6) is 0.682. The average Bonchev–Trinajstić information content (AvgIpc) is 2.16. The standard InChI is InChI=1S/C9H9BrN2O3/c1-11-2-3-15-9-4-6(10)7(12(13)14)5-8(9)11/h4-5H,2-3H2,1H3. The molecule has 0 unspecified atom stereocenters. The monoisotopic (exact) mass is 272 g/mol. The molecule has 0 atom stereocenters. The molecule has 15 heavy (non-hydrogen) atoms. The van der Waals surface area contributed by atoms with E-state index in [2.05, 4.69) is 15.9 Å². The highest BCUT2D eigenvalue weighted by molar-refractivity contribution is 9.10. The molecule has 0 fully saturated rings. The molecule has 0 aromatic heterocycles. The van der Waals surface area contributed by atoms with Crippen molar-refractivity contribution in [3.8, 4) is 5.75 Å². The molecule has 1 aliphatic rings. The van der Waals surface area contributed by atoms with E-state index in [9.17, 15) is 10.1 Å². The molecule has 5 nitrogen and oxygen atoms in total. The van der Waals surface area contributed by atoms with Crippen LogP contribution in [0.4, 0.5) is 11.4 Å². The van der Waals surface area contributed by atoms with Gasteiger partial charge in [-0.05, 0) is 15.9 Å². The Kier molecular flexibility index (Phi) is 2.52. The molecule has 6 heteroatoms. The van der Waals surface area contributed by atoms with Gasteiger partial charge in [0.2, 0.25) is 0 Å². The first-order chi connectivity index (χ1) is 7.09. The number of likely N-dealkylation sites (N-methyl/N-ethyl adjacent to an activating group) is 1. The number of nitrogens with zero attached hydrogens (tertiary/aromatic N) is 2. The van der Waals surface area contributed by atoms with Crippen molar-refractivity contribution in [2.45, 2.75) is 0 Å². The van der Waals surface area contributed by atoms with E-state index in [-0.39, 0.29) is 5.69 Å². The van der Waals surface area contributed by atoms with Crippen molar-refractivity contribution >= 4 is 27.3 Å². The van der Waals surface area contributed by atoms with Crippen molar-refractivity contribution in [1.82, 2.24) is 0 Å². The number of benzene rings is 1. The second-order valence-electron chi connectivity index (χ2n) is 3.30. The van der Waals surface area contributed by atoms with Crippen LogP contribution in [0.25, 0.3) is 0 Å². The summed E-state index contributed by atoms with van der Waals surface area (Å²) in [6, 6.07) is 3.17. The Balaban J connectivity index is 2.55. The fourth-order valence-electron chi connectivity index (χ4n) is 1.50. The average molecular weight is 273 g/mol. The number of nitro benzene ring substituents is 1. The third-order valence-electron chi connectivity index (χ3n) is 2.32. The third-order valence-corrected chi connectivity index (χ3v) is 2.96. The lowest BCUT2D eigenvalue weighted by Gasteiger charge is -2.27. The van der Waals surface area contributed by atoms with Gasteiger partial charge in [0.1, 0.15) is 12.4 Å². The summed E-state index contributed by atoms with van der Waals surface area (Å²) in [6.07, 6.45) is 0. The number of nitro groups is 1. The maximum atomic E-state index is 10.7. The minimum Gasteiger partial charge on any atom is -0.490 e. The summed E-state index contributed by atoms with van der Waals surface area (Å²) < 4.78 is 5.86. The fraction of sp³-hybridized carbons (Fsp3) is 0.333. The van der Waals surface area contributed by atoms with Gasteiger partial charge in [-0.15, -0.1) is 0 Å². The molecule has 1 aromatic carbocycles. The topological polar surface area (TPSA) is 55.6 Å². The normalized spacial score (nSPS) is 14.4. The van der Waals surface area contributed by atoms with Gasteiger partial charge in [-0.25, -0.2) is 0 Å². The second-order valence-corrected chi connectivity index (χ2v) is 4.15. The predicted octanol–water partition coefficient (Wildman–Crippen LogP) is 2.19. The van der Waals surface area contributed by atoms with Crippen molar-refractivity contribution in [2.75, 3.05) is 25.1 Å². The number of hydrogen-bond acceptors (Lipinski definition) is 4. The molecule has 0 radical (unpaired) electrons. The van der Waals surface area contributed by atoms with Crippen molar-refractivity contribution in [3.63, 3.8) is 0 Å². The molecule has 1 aromatic rings. The zero-order valence-corrected chi connectivity index (χ0v) is 9.65. The Labute approximate surface area is 94.9 Å². The molecule has 80 valence electrons. The summed E-state index contributed by atoms with van der Waals surface area (Å²) in [6.45, 7) is 1.35. The molecule has 1 heterocycles. The van der Waals surface area contributed by atoms with E-state index in [0.717, 1.165) is 12.2 Å². The zero-order valence-electron chi connectivity index (χ0n) is 8.07. The predicted molar refractivity (Wildman–Crippen MR) is 59.6 cm³/mol. The molecule has 0 saturated carbocycles. The van der Waals surface area contributed by atoms with Gasteiger partial charge in [0.25, 0.3) is 5.69 Å². The van der Waals surface area contributed by atoms with Crippen molar-refractivity contribution in [2.24, 2.45) is 0 Å². The second kappa shape index (κ2) is 3.69. The van der Waals surface area contributed by atoms with Crippen molar-refractivity contribution in [3.05, 3.63) is 26.7 Å². The summed E-state index contributed by atoms with van der Waals surface area (Å²) in [5.41, 5.74) is 0.822. The van der Waals surface area contributed by atoms with Gasteiger partial charge in [0, 0.05) is 19.2 Å². The van der Waals surface area contributed by atoms with E-state index in [0.29, 0.717) is 16.8 Å². The van der Waals surface area contributed by atoms with Crippen LogP contribution in [-0.2, 0) is 0 Å². The van der Waals surface area contributed by atoms with E-state index >= 15 is 0 Å². The van der Waals surface area contributed by atoms with Crippen LogP contribution in [0.2, 0.25) is 0 Å². The maximum absolute atomic E-state index is 10.7. The molecule has 0 amide bonds. The number of halogens is 1. The molecular formula is C9H9BrN2O3. The molecule has 0 bridgehead atoms. The van der Waals surface area contributed by atoms with E-state index in [1.54, 1.807) is 6.07 Å². The molecule has 0 spiro atoms. The van der Waals surface area contributed by atoms with Gasteiger partial charge in [0.15, 0.2) is 0 Å². The van der Waals surface area contributed by atoms with Gasteiger partial charge >= 0.3 is 0 Å². The summed E-state index contributed by atoms with van der Waals surface area (Å²) in [7, 11) is 1.89. The molecule has 2 rings (SSSR count). The van der Waals surface area contributed by atoms with Crippen LogP contribution in [0, 0.1) is 10.1 Å². The minimum atomic E-state index is -0.410. The number of fused-ring (bicyclic) bond motifs is 1. The number of rotatable bonds is 1. The van der Waals surface area contributed by atoms with E-state index in [4.69, 9.17) is 4.74 Å². The largest absolute Gasteiger partial charge is 0.490 e. The molecular weight excluding hydrogens is 264 g/mol. The number of hydrogen-bond donors (Lipinski definition) is 0. The van der Waals surface area contributed by atoms with Crippen LogP contribution >= 0.6 is 15.9 Å². The molecule has 1 aliphatic heterocycles. The lowest BCUT2D eigenvalue weighted by atomic mass is 10.2. The summed E-state index contributed by atoms with van der Waals surface area (Å²) >= 11 is 3.16. The Morgan fingerprint density at radius 3 is 3.00 bits per heavy atom. The van der Waals surface area contributed by atoms with Crippen LogP contribution in [0.3, 0.4) is 0 Å². The Bertz CT molecular complexity index is 422. The molecule has 0 N–H and O–H groups in total. The number of anilines is 1. The van der Waals surface area contributed by atoms with Gasteiger partial charge in [-0.1, -0.05) is 0 Å². The van der Waals surface area contributed by atoms with Crippen LogP contribution < -0.4 is 9.64 Å². The smallest absolute Gasteiger partial charge is 0.285 e. The highest BCUT2D eigenvalue weighted by Gasteiger charge is 2.22. The van der Waals surface area contributed by atoms with Gasteiger partial charge in [0.05, 0.1) is 21.6 Å². The first kappa shape index (κ1) is 10.2. The Morgan fingerprint density at radius 2 is 2.33 bits per heavy atom. The van der Waals surface area contributed by atoms with Gasteiger partial charge in [-0.2, -0.15) is 0 Å². The van der Waals surface area contributed by atoms with Gasteiger partial charge in [-0.3, -0.25) is 10.1 Å². The van der Waals surface area contributed by atoms with Crippen LogP contribution in [-0.4, -0.2) is 25.1 Å². The van der Waals surface area contributed by atoms with E-state index < -0.39 is 4.92 Å². The van der Waals surface area contributed by atoms with Crippen molar-refractivity contribution in [1.29, 1.82) is 0 Å². The minimum absolute atomic E-state index is 0.0612. The van der Waals surface area contributed by atoms with Crippen LogP contribution in [0.1, 0.15) is 0 Å². The lowest BCUT2D eigenvalue weighted by molar-refractivity contribution is -0.385. The molecule has 0 aliphatic carbocycles. The van der Waals surface area contributed by atoms with Crippen LogP contribution in [0.5, 0.6) is 5.75 Å². The van der Waals surface area contributed by atoms with Crippen LogP contribution in [0.15, 0.2) is 16.6 Å². The highest BCUT2D eigenvalue weighted by Crippen LogP contribution is 2.39. The number of ether oxygens (including phenoxy) is 1. The maximum Gasteiger partial charge on any atom is 0.285 e. The Morgan fingerprint density at radius 1 is 1.60 bits per heavy atom. The quantitative estimate of drug-likeness (QED) is 0.581. The summed E-state index contributed by atoms with van der Waals surface area (Å²) in [4.78, 5) is 12.3. The highest BCUT2D eigenvalue weighted by atomic mass is 79.9. The van der Waals surface area contributed by atoms with Gasteiger partial charge < -0.3 is 9.64 Å². The first-order valence-electron chi connectivity index (χ1n) is 4.41. The summed E-state index contributed by atoms with van der Waals surface area (Å²) in [5, 5.41) is 10.7. The van der Waals surface area contributed by atoms with Crippen molar-refractivity contribution < 1.29 is 9.66 Å². The Hall–Kier alpha value is -1.30. The fourth-order valence-corrected chi connectivity index (χ4v) is 1.97.